The molecule has 4 rings (SSSR count). The van der Waals surface area contributed by atoms with Gasteiger partial charge in [-0.05, 0) is 35.7 Å². The van der Waals surface area contributed by atoms with E-state index in [1.54, 1.807) is 12.1 Å². The molecule has 0 aliphatic carbocycles. The fourth-order valence-electron chi connectivity index (χ4n) is 3.59. The highest BCUT2D eigenvalue weighted by molar-refractivity contribution is 7.92. The minimum absolute atomic E-state index is 0.0589. The molecule has 0 aliphatic heterocycles. The summed E-state index contributed by atoms with van der Waals surface area (Å²) in [5.41, 5.74) is 1.75. The molecule has 198 valence electrons. The molecular formula is C26H21F4N3O4S. The third-order valence-electron chi connectivity index (χ3n) is 5.20. The summed E-state index contributed by atoms with van der Waals surface area (Å²) in [5.74, 6) is -2.44. The van der Waals surface area contributed by atoms with Gasteiger partial charge in [0.2, 0.25) is 11.8 Å². The first-order chi connectivity index (χ1) is 17.9. The Kier molecular flexibility index (Phi) is 7.53. The number of nitrogens with zero attached hydrogens (tertiary/aromatic N) is 2. The molecular weight excluding hydrogens is 526 g/mol. The molecule has 0 amide bonds. The lowest BCUT2D eigenvalue weighted by Crippen LogP contribution is -2.21. The molecule has 38 heavy (non-hydrogen) atoms. The first-order valence-electron chi connectivity index (χ1n) is 11.2. The number of hydrogen-bond acceptors (Lipinski definition) is 6. The predicted octanol–water partition coefficient (Wildman–Crippen LogP) is 6.90. The van der Waals surface area contributed by atoms with Crippen molar-refractivity contribution in [3.8, 4) is 28.6 Å². The fraction of sp³-hybridized carbons (Fsp3) is 0.154. The van der Waals surface area contributed by atoms with E-state index in [4.69, 9.17) is 4.74 Å². The highest BCUT2D eigenvalue weighted by Gasteiger charge is 2.34. The zero-order valence-electron chi connectivity index (χ0n) is 20.0. The van der Waals surface area contributed by atoms with Crippen LogP contribution in [-0.4, -0.2) is 24.7 Å². The lowest BCUT2D eigenvalue weighted by atomic mass is 9.95. The number of halogens is 4. The van der Waals surface area contributed by atoms with Gasteiger partial charge in [0.1, 0.15) is 10.6 Å². The van der Waals surface area contributed by atoms with Gasteiger partial charge in [0.05, 0.1) is 5.69 Å². The van der Waals surface area contributed by atoms with Crippen LogP contribution in [0.15, 0.2) is 83.8 Å². The fourth-order valence-corrected chi connectivity index (χ4v) is 4.66. The van der Waals surface area contributed by atoms with E-state index in [0.717, 1.165) is 17.7 Å². The molecule has 0 fully saturated rings. The van der Waals surface area contributed by atoms with Crippen LogP contribution in [0.1, 0.15) is 25.3 Å². The van der Waals surface area contributed by atoms with Gasteiger partial charge in [-0.15, -0.1) is 13.2 Å². The van der Waals surface area contributed by atoms with Gasteiger partial charge in [0.15, 0.2) is 11.6 Å². The van der Waals surface area contributed by atoms with E-state index in [1.165, 1.54) is 42.5 Å². The molecule has 0 spiro atoms. The number of para-hydroxylation sites is 2. The van der Waals surface area contributed by atoms with Crippen LogP contribution >= 0.6 is 0 Å². The topological polar surface area (TPSA) is 90.4 Å². The van der Waals surface area contributed by atoms with Crippen molar-refractivity contribution in [1.82, 2.24) is 9.97 Å². The second-order valence-electron chi connectivity index (χ2n) is 8.29. The molecule has 1 heterocycles. The molecule has 0 unspecified atom stereocenters. The van der Waals surface area contributed by atoms with E-state index in [-0.39, 0.29) is 23.2 Å². The number of ether oxygens (including phenoxy) is 2. The molecule has 12 heteroatoms. The van der Waals surface area contributed by atoms with Gasteiger partial charge in [-0.3, -0.25) is 0 Å². The van der Waals surface area contributed by atoms with E-state index in [0.29, 0.717) is 5.56 Å². The Bertz CT molecular complexity index is 1560. The molecule has 0 saturated carbocycles. The van der Waals surface area contributed by atoms with Crippen LogP contribution in [0.5, 0.6) is 17.4 Å². The van der Waals surface area contributed by atoms with Crippen LogP contribution in [0.25, 0.3) is 11.3 Å². The van der Waals surface area contributed by atoms with E-state index in [2.05, 4.69) is 19.4 Å². The van der Waals surface area contributed by atoms with Crippen molar-refractivity contribution in [3.63, 3.8) is 0 Å². The van der Waals surface area contributed by atoms with Gasteiger partial charge in [0, 0.05) is 11.6 Å². The summed E-state index contributed by atoms with van der Waals surface area (Å²) in [7, 11) is -4.67. The van der Waals surface area contributed by atoms with Crippen LogP contribution < -0.4 is 14.2 Å². The molecule has 1 N–H and O–H groups in total. The van der Waals surface area contributed by atoms with E-state index in [1.807, 2.05) is 26.0 Å². The van der Waals surface area contributed by atoms with E-state index in [9.17, 15) is 26.0 Å². The van der Waals surface area contributed by atoms with Gasteiger partial charge in [-0.1, -0.05) is 62.4 Å². The van der Waals surface area contributed by atoms with Gasteiger partial charge >= 0.3 is 6.36 Å². The lowest BCUT2D eigenvalue weighted by Gasteiger charge is -2.16. The zero-order chi connectivity index (χ0) is 27.5. The maximum Gasteiger partial charge on any atom is 0.573 e. The molecule has 3 aromatic carbocycles. The molecule has 0 atom stereocenters. The molecule has 0 saturated heterocycles. The third kappa shape index (κ3) is 6.38. The van der Waals surface area contributed by atoms with Gasteiger partial charge in [0.25, 0.3) is 10.0 Å². The summed E-state index contributed by atoms with van der Waals surface area (Å²) in [6, 6.07) is 18.4. The van der Waals surface area contributed by atoms with Crippen LogP contribution in [0.3, 0.4) is 0 Å². The smallest absolute Gasteiger partial charge is 0.436 e. The Morgan fingerprint density at radius 1 is 0.868 bits per heavy atom. The summed E-state index contributed by atoms with van der Waals surface area (Å²) in [5, 5.41) is 0. The van der Waals surface area contributed by atoms with Crippen molar-refractivity contribution in [2.24, 2.45) is 0 Å². The van der Waals surface area contributed by atoms with E-state index >= 15 is 0 Å². The lowest BCUT2D eigenvalue weighted by molar-refractivity contribution is -0.275. The molecule has 0 radical (unpaired) electrons. The van der Waals surface area contributed by atoms with Gasteiger partial charge in [-0.25, -0.2) is 22.5 Å². The number of hydrogen-bond donors (Lipinski definition) is 1. The van der Waals surface area contributed by atoms with Crippen molar-refractivity contribution in [2.45, 2.75) is 31.0 Å². The second kappa shape index (κ2) is 10.7. The Morgan fingerprint density at radius 2 is 1.50 bits per heavy atom. The molecule has 7 nitrogen and oxygen atoms in total. The zero-order valence-corrected chi connectivity index (χ0v) is 20.8. The Morgan fingerprint density at radius 3 is 2.18 bits per heavy atom. The van der Waals surface area contributed by atoms with Gasteiger partial charge in [-0.2, -0.15) is 4.98 Å². The standard InChI is InChI=1S/C26H21F4N3O4S/c1-16(2)17-9-3-4-10-18(17)20-15-24(36-21-12-6-5-11-19(21)27)32-25(31-20)33-38(34,35)23-14-8-7-13-22(23)37-26(28,29)30/h3-16H,1-2H3,(H,31,32,33). The van der Waals surface area contributed by atoms with Crippen LogP contribution in [-0.2, 0) is 10.0 Å². The summed E-state index contributed by atoms with van der Waals surface area (Å²) in [6.45, 7) is 3.91. The monoisotopic (exact) mass is 547 g/mol. The summed E-state index contributed by atoms with van der Waals surface area (Å²) in [4.78, 5) is 7.53. The minimum Gasteiger partial charge on any atom is -0.436 e. The third-order valence-corrected chi connectivity index (χ3v) is 6.57. The first-order valence-corrected chi connectivity index (χ1v) is 12.7. The van der Waals surface area contributed by atoms with Crippen LogP contribution in [0.2, 0.25) is 0 Å². The Labute approximate surface area is 216 Å². The molecule has 0 aliphatic rings. The number of alkyl halides is 3. The number of rotatable bonds is 8. The minimum atomic E-state index is -5.12. The highest BCUT2D eigenvalue weighted by Crippen LogP contribution is 2.34. The number of anilines is 1. The van der Waals surface area contributed by atoms with Crippen molar-refractivity contribution < 1.29 is 35.5 Å². The molecule has 0 bridgehead atoms. The number of nitrogens with one attached hydrogen (secondary N) is 1. The molecule has 4 aromatic rings. The van der Waals surface area contributed by atoms with Gasteiger partial charge < -0.3 is 9.47 Å². The van der Waals surface area contributed by atoms with Crippen LogP contribution in [0.4, 0.5) is 23.5 Å². The van der Waals surface area contributed by atoms with Crippen LogP contribution in [0, 0.1) is 5.82 Å². The number of sulfonamides is 1. The predicted molar refractivity (Wildman–Crippen MR) is 132 cm³/mol. The van der Waals surface area contributed by atoms with E-state index < -0.39 is 38.8 Å². The van der Waals surface area contributed by atoms with Crippen molar-refractivity contribution in [1.29, 1.82) is 0 Å². The molecule has 1 aromatic heterocycles. The average Bonchev–Trinajstić information content (AvgIpc) is 2.84. The quantitative estimate of drug-likeness (QED) is 0.242. The summed E-state index contributed by atoms with van der Waals surface area (Å²) < 4.78 is 90.6. The number of aromatic nitrogens is 2. The number of benzene rings is 3. The highest BCUT2D eigenvalue weighted by atomic mass is 32.2. The SMILES string of the molecule is CC(C)c1ccccc1-c1cc(Oc2ccccc2F)nc(NS(=O)(=O)c2ccccc2OC(F)(F)F)n1. The second-order valence-corrected chi connectivity index (χ2v) is 9.94. The summed E-state index contributed by atoms with van der Waals surface area (Å²) >= 11 is 0. The Hall–Kier alpha value is -4.19. The average molecular weight is 548 g/mol. The van der Waals surface area contributed by atoms with Crippen molar-refractivity contribution in [2.75, 3.05) is 4.72 Å². The van der Waals surface area contributed by atoms with Crippen molar-refractivity contribution in [3.05, 3.63) is 90.2 Å². The first kappa shape index (κ1) is 26.9. The maximum absolute atomic E-state index is 14.3. The summed E-state index contributed by atoms with van der Waals surface area (Å²) in [6.07, 6.45) is -5.12. The largest absolute Gasteiger partial charge is 0.573 e. The maximum atomic E-state index is 14.3. The van der Waals surface area contributed by atoms with Crippen molar-refractivity contribution >= 4 is 16.0 Å². The normalized spacial score (nSPS) is 11.9. The Balaban J connectivity index is 1.81.